The molecule has 2 saturated carbocycles. The molecule has 184 valence electrons. The second-order valence-electron chi connectivity index (χ2n) is 14.1. The SMILES string of the molecule is CS[C@@]12CCC3=C(CC[C@@]4(C)C3CCC4[C@H](C)CCCC(C)C)[C@@]1(C)CC[C@H](C)C2(C)C. The standard InChI is InChI=1S/C31H54S/c1-21(2)11-10-12-22(3)25-13-14-26-24-16-20-31(32-9)28(5,6)23(4)15-19-30(31,8)27(24)17-18-29(25,26)7/h21-23,25-26H,10-20H2,1-9H3/t22-,23+,25?,26?,29-,30-,31-/m1/s1. The summed E-state index contributed by atoms with van der Waals surface area (Å²) in [4.78, 5) is 0. The third kappa shape index (κ3) is 3.44. The molecule has 32 heavy (non-hydrogen) atoms. The number of hydrogen-bond acceptors (Lipinski definition) is 1. The number of allylic oxidation sites excluding steroid dienone is 2. The lowest BCUT2D eigenvalue weighted by Gasteiger charge is -2.67. The van der Waals surface area contributed by atoms with Gasteiger partial charge in [-0.3, -0.25) is 0 Å². The quantitative estimate of drug-likeness (QED) is 0.357. The van der Waals surface area contributed by atoms with Gasteiger partial charge >= 0.3 is 0 Å². The van der Waals surface area contributed by atoms with Crippen molar-refractivity contribution in [3.05, 3.63) is 11.1 Å². The minimum Gasteiger partial charge on any atom is -0.157 e. The fraction of sp³-hybridized carbons (Fsp3) is 0.935. The van der Waals surface area contributed by atoms with Crippen LogP contribution in [0.2, 0.25) is 0 Å². The molecule has 0 radical (unpaired) electrons. The average molecular weight is 459 g/mol. The lowest BCUT2D eigenvalue weighted by atomic mass is 9.44. The predicted molar refractivity (Wildman–Crippen MR) is 144 cm³/mol. The molecule has 0 amide bonds. The van der Waals surface area contributed by atoms with Gasteiger partial charge in [0.2, 0.25) is 0 Å². The molecule has 4 rings (SSSR count). The topological polar surface area (TPSA) is 0 Å². The summed E-state index contributed by atoms with van der Waals surface area (Å²) < 4.78 is 0.423. The Hall–Kier alpha value is 0.0900. The van der Waals surface area contributed by atoms with Gasteiger partial charge in [-0.2, -0.15) is 11.8 Å². The van der Waals surface area contributed by atoms with Gasteiger partial charge in [-0.1, -0.05) is 85.8 Å². The lowest BCUT2D eigenvalue weighted by molar-refractivity contribution is -0.0128. The van der Waals surface area contributed by atoms with Crippen LogP contribution in [0.15, 0.2) is 11.1 Å². The van der Waals surface area contributed by atoms with Gasteiger partial charge in [0.05, 0.1) is 0 Å². The van der Waals surface area contributed by atoms with Crippen molar-refractivity contribution in [1.82, 2.24) is 0 Å². The summed E-state index contributed by atoms with van der Waals surface area (Å²) in [5.74, 6) is 4.45. The van der Waals surface area contributed by atoms with Crippen LogP contribution in [0, 0.1) is 45.8 Å². The van der Waals surface area contributed by atoms with E-state index in [1.54, 1.807) is 0 Å². The monoisotopic (exact) mass is 458 g/mol. The second-order valence-corrected chi connectivity index (χ2v) is 15.2. The normalized spacial score (nSPS) is 44.2. The number of hydrogen-bond donors (Lipinski definition) is 0. The first-order valence-electron chi connectivity index (χ1n) is 14.2. The van der Waals surface area contributed by atoms with E-state index in [9.17, 15) is 0 Å². The van der Waals surface area contributed by atoms with Crippen LogP contribution >= 0.6 is 11.8 Å². The van der Waals surface area contributed by atoms with Crippen molar-refractivity contribution in [3.8, 4) is 0 Å². The van der Waals surface area contributed by atoms with E-state index in [1.807, 2.05) is 11.1 Å². The van der Waals surface area contributed by atoms with Crippen LogP contribution in [0.3, 0.4) is 0 Å². The highest BCUT2D eigenvalue weighted by molar-refractivity contribution is 8.00. The molecule has 0 spiro atoms. The van der Waals surface area contributed by atoms with Gasteiger partial charge in [-0.05, 0) is 98.0 Å². The fourth-order valence-corrected chi connectivity index (χ4v) is 11.7. The predicted octanol–water partition coefficient (Wildman–Crippen LogP) is 9.93. The first-order chi connectivity index (χ1) is 14.9. The molecule has 0 nitrogen and oxygen atoms in total. The molecule has 7 atom stereocenters. The molecule has 4 aliphatic rings. The van der Waals surface area contributed by atoms with Gasteiger partial charge in [-0.25, -0.2) is 0 Å². The third-order valence-corrected chi connectivity index (χ3v) is 14.1. The fourth-order valence-electron chi connectivity index (χ4n) is 9.97. The summed E-state index contributed by atoms with van der Waals surface area (Å²) >= 11 is 2.25. The van der Waals surface area contributed by atoms with E-state index in [2.05, 4.69) is 73.4 Å². The van der Waals surface area contributed by atoms with Crippen LogP contribution in [0.5, 0.6) is 0 Å². The molecular weight excluding hydrogens is 404 g/mol. The maximum absolute atomic E-state index is 2.73. The molecular formula is C31H54S. The zero-order valence-electron chi connectivity index (χ0n) is 23.1. The highest BCUT2D eigenvalue weighted by Gasteiger charge is 2.65. The Bertz CT molecular complexity index is 731. The molecule has 2 unspecified atom stereocenters. The Morgan fingerprint density at radius 1 is 0.906 bits per heavy atom. The molecule has 0 saturated heterocycles. The summed E-state index contributed by atoms with van der Waals surface area (Å²) in [6, 6.07) is 0. The van der Waals surface area contributed by atoms with Crippen molar-refractivity contribution >= 4 is 11.8 Å². The highest BCUT2D eigenvalue weighted by atomic mass is 32.2. The Balaban J connectivity index is 1.63. The Morgan fingerprint density at radius 3 is 2.28 bits per heavy atom. The van der Waals surface area contributed by atoms with Crippen LogP contribution < -0.4 is 0 Å². The van der Waals surface area contributed by atoms with Crippen molar-refractivity contribution in [2.45, 2.75) is 131 Å². The van der Waals surface area contributed by atoms with Crippen molar-refractivity contribution in [2.75, 3.05) is 6.26 Å². The molecule has 0 aromatic rings. The zero-order chi connectivity index (χ0) is 23.5. The highest BCUT2D eigenvalue weighted by Crippen LogP contribution is 2.73. The number of thioether (sulfide) groups is 1. The molecule has 4 aliphatic carbocycles. The Morgan fingerprint density at radius 2 is 1.62 bits per heavy atom. The first kappa shape index (κ1) is 25.2. The van der Waals surface area contributed by atoms with Crippen molar-refractivity contribution < 1.29 is 0 Å². The summed E-state index contributed by atoms with van der Waals surface area (Å²) in [7, 11) is 0. The molecule has 0 aromatic heterocycles. The maximum Gasteiger partial charge on any atom is 0.0304 e. The summed E-state index contributed by atoms with van der Waals surface area (Å²) in [6.45, 7) is 20.6. The Labute approximate surface area is 205 Å². The van der Waals surface area contributed by atoms with Crippen LogP contribution in [0.4, 0.5) is 0 Å². The van der Waals surface area contributed by atoms with Gasteiger partial charge < -0.3 is 0 Å². The summed E-state index contributed by atoms with van der Waals surface area (Å²) in [5, 5.41) is 0. The van der Waals surface area contributed by atoms with E-state index in [4.69, 9.17) is 0 Å². The van der Waals surface area contributed by atoms with E-state index in [-0.39, 0.29) is 0 Å². The minimum absolute atomic E-state index is 0.415. The van der Waals surface area contributed by atoms with Crippen LogP contribution in [-0.2, 0) is 0 Å². The third-order valence-electron chi connectivity index (χ3n) is 12.3. The molecule has 0 N–H and O–H groups in total. The Kier molecular flexibility index (Phi) is 6.80. The molecule has 1 heteroatoms. The summed E-state index contributed by atoms with van der Waals surface area (Å²) in [6.07, 6.45) is 18.3. The van der Waals surface area contributed by atoms with Gasteiger partial charge in [0.25, 0.3) is 0 Å². The number of fused-ring (bicyclic) bond motifs is 4. The van der Waals surface area contributed by atoms with Crippen LogP contribution in [-0.4, -0.2) is 11.0 Å². The van der Waals surface area contributed by atoms with Gasteiger partial charge in [0, 0.05) is 10.2 Å². The minimum atomic E-state index is 0.415. The van der Waals surface area contributed by atoms with Crippen molar-refractivity contribution in [2.24, 2.45) is 45.8 Å². The molecule has 2 fully saturated rings. The van der Waals surface area contributed by atoms with Crippen molar-refractivity contribution in [1.29, 1.82) is 0 Å². The van der Waals surface area contributed by atoms with E-state index in [0.717, 1.165) is 29.6 Å². The van der Waals surface area contributed by atoms with E-state index < -0.39 is 0 Å². The first-order valence-corrected chi connectivity index (χ1v) is 15.4. The average Bonchev–Trinajstić information content (AvgIpc) is 3.08. The van der Waals surface area contributed by atoms with Gasteiger partial charge in [-0.15, -0.1) is 0 Å². The molecule has 0 heterocycles. The van der Waals surface area contributed by atoms with Crippen LogP contribution in [0.1, 0.15) is 126 Å². The smallest absolute Gasteiger partial charge is 0.0304 e. The maximum atomic E-state index is 2.73. The molecule has 0 aliphatic heterocycles. The molecule has 0 aromatic carbocycles. The van der Waals surface area contributed by atoms with Gasteiger partial charge in [0.15, 0.2) is 0 Å². The molecule has 0 bridgehead atoms. The second kappa shape index (κ2) is 8.64. The largest absolute Gasteiger partial charge is 0.157 e. The zero-order valence-corrected chi connectivity index (χ0v) is 23.9. The number of rotatable bonds is 6. The van der Waals surface area contributed by atoms with E-state index in [1.165, 1.54) is 70.6 Å². The summed E-state index contributed by atoms with van der Waals surface area (Å²) in [5.41, 5.74) is 5.35. The van der Waals surface area contributed by atoms with Crippen molar-refractivity contribution in [3.63, 3.8) is 0 Å². The van der Waals surface area contributed by atoms with Crippen LogP contribution in [0.25, 0.3) is 0 Å². The van der Waals surface area contributed by atoms with E-state index in [0.29, 0.717) is 21.0 Å². The van der Waals surface area contributed by atoms with E-state index >= 15 is 0 Å². The van der Waals surface area contributed by atoms with Gasteiger partial charge in [0.1, 0.15) is 0 Å². The lowest BCUT2D eigenvalue weighted by Crippen LogP contribution is -2.62.